The summed E-state index contributed by atoms with van der Waals surface area (Å²) >= 11 is 0. The zero-order chi connectivity index (χ0) is 81.7. The summed E-state index contributed by atoms with van der Waals surface area (Å²) in [6.07, 6.45) is 0. The highest BCUT2D eigenvalue weighted by Gasteiger charge is 2.26. The van der Waals surface area contributed by atoms with Gasteiger partial charge in [-0.3, -0.25) is 9.13 Å². The van der Waals surface area contributed by atoms with Crippen LogP contribution in [0.1, 0.15) is 0 Å². The van der Waals surface area contributed by atoms with Crippen LogP contribution in [0, 0.1) is 0 Å². The van der Waals surface area contributed by atoms with Gasteiger partial charge < -0.3 is 9.13 Å². The topological polar surface area (TPSA) is 149 Å². The van der Waals surface area contributed by atoms with Crippen LogP contribution in [-0.2, 0) is 0 Å². The van der Waals surface area contributed by atoms with E-state index < -0.39 is 0 Å². The molecule has 14 nitrogen and oxygen atoms in total. The van der Waals surface area contributed by atoms with Crippen LogP contribution in [0.4, 0.5) is 0 Å². The van der Waals surface area contributed by atoms with Crippen molar-refractivity contribution in [1.82, 2.24) is 68.1 Å². The molecule has 0 amide bonds. The van der Waals surface area contributed by atoms with Crippen LogP contribution in [0.3, 0.4) is 0 Å². The van der Waals surface area contributed by atoms with Gasteiger partial charge in [-0.2, -0.15) is 19.9 Å². The standard InChI is InChI=1S/C110H68N14/c1-7-28-70(29-8-1)91-65-94(113-103(111-91)74-32-11-3-12-33-74)73-54-56-77(57-55-73)107-116-108(120-110(119-107)124-98-49-26-22-45-86(98)90-64-88-84-43-20-24-47-96(84)122(100(88)68-102(90)124)82-40-17-6-18-41-82)80-37-27-36-79(62-80)69-50-52-72(53-51-69)93-66-92(71-30-9-2-10-31-71)112-104(114-93)76-58-60-78(61-59-76)106-115-105(75-34-13-4-14-35-75)117-109(118-106)123-97-48-25-21-44-85(97)89-63-87-83-42-19-23-46-95(83)121(99(87)67-101(89)123)81-38-15-5-16-39-81/h1-68H. The molecule has 0 aliphatic heterocycles. The predicted octanol–water partition coefficient (Wildman–Crippen LogP) is 26.4. The first-order valence-corrected chi connectivity index (χ1v) is 41.4. The Hall–Kier alpha value is -17.1. The van der Waals surface area contributed by atoms with Crippen LogP contribution in [0.25, 0.3) is 235 Å². The molecule has 578 valence electrons. The van der Waals surface area contributed by atoms with Gasteiger partial charge in [-0.1, -0.05) is 322 Å². The van der Waals surface area contributed by atoms with Gasteiger partial charge in [-0.25, -0.2) is 29.9 Å². The number of benzene rings is 16. The van der Waals surface area contributed by atoms with Gasteiger partial charge in [0, 0.05) is 110 Å². The molecule has 24 rings (SSSR count). The predicted molar refractivity (Wildman–Crippen MR) is 502 cm³/mol. The average Bonchev–Trinajstić information content (AvgIpc) is 1.56. The summed E-state index contributed by atoms with van der Waals surface area (Å²) < 4.78 is 9.12. The minimum atomic E-state index is 0.481. The van der Waals surface area contributed by atoms with E-state index in [0.29, 0.717) is 46.8 Å². The number of nitrogens with zero attached hydrogens (tertiary/aromatic N) is 14. The molecule has 0 spiro atoms. The van der Waals surface area contributed by atoms with Gasteiger partial charge >= 0.3 is 0 Å². The molecule has 124 heavy (non-hydrogen) atoms. The Balaban J connectivity index is 0.600. The van der Waals surface area contributed by atoms with E-state index in [0.717, 1.165) is 172 Å². The highest BCUT2D eigenvalue weighted by Crippen LogP contribution is 2.44. The molecule has 0 N–H and O–H groups in total. The Bertz CT molecular complexity index is 8240. The van der Waals surface area contributed by atoms with E-state index >= 15 is 0 Å². The molecule has 24 aromatic rings. The number of para-hydroxylation sites is 6. The molecular formula is C110H68N14. The fourth-order valence-electron chi connectivity index (χ4n) is 17.8. The van der Waals surface area contributed by atoms with Crippen molar-refractivity contribution in [2.45, 2.75) is 0 Å². The largest absolute Gasteiger partial charge is 0.309 e. The minimum Gasteiger partial charge on any atom is -0.309 e. The van der Waals surface area contributed by atoms with E-state index in [9.17, 15) is 0 Å². The van der Waals surface area contributed by atoms with Gasteiger partial charge in [0.25, 0.3) is 0 Å². The third kappa shape index (κ3) is 12.3. The lowest BCUT2D eigenvalue weighted by atomic mass is 10.00. The molecule has 0 aliphatic carbocycles. The molecule has 16 aromatic carbocycles. The highest BCUT2D eigenvalue weighted by atomic mass is 15.2. The molecule has 0 fully saturated rings. The van der Waals surface area contributed by atoms with Crippen molar-refractivity contribution in [1.29, 1.82) is 0 Å². The van der Waals surface area contributed by atoms with Crippen molar-refractivity contribution < 1.29 is 0 Å². The summed E-state index contributed by atoms with van der Waals surface area (Å²) in [6, 6.07) is 144. The maximum atomic E-state index is 5.55. The van der Waals surface area contributed by atoms with Crippen molar-refractivity contribution in [3.05, 3.63) is 413 Å². The number of fused-ring (bicyclic) bond motifs is 12. The molecule has 8 heterocycles. The SMILES string of the molecule is c1ccc(-c2cc(-c3ccc(-c4nc(-c5cccc(-c6ccc(-c7cc(-c8ccccc8)nc(-c8ccc(-c9nc(-c%10ccccc%10)nc(-n%10c%11ccccc%11c%11cc%12c%13ccccc%13n(-c%13ccccc%13)c%12cc%11%10)n9)cc8)n7)cc6)c5)nc(-n5c6ccccc6c6cc7c8ccccc8n(-c8ccccc8)c7cc65)n4)cc3)nc(-c3ccccc3)n2)cc1. The van der Waals surface area contributed by atoms with Crippen LogP contribution in [0.15, 0.2) is 413 Å². The lowest BCUT2D eigenvalue weighted by Crippen LogP contribution is -2.06. The number of aromatic nitrogens is 14. The number of hydrogen-bond acceptors (Lipinski definition) is 10. The Morgan fingerprint density at radius 2 is 0.371 bits per heavy atom. The Labute approximate surface area is 711 Å². The van der Waals surface area contributed by atoms with Crippen LogP contribution >= 0.6 is 0 Å². The fraction of sp³-hybridized carbons (Fsp3) is 0. The molecule has 0 aliphatic rings. The number of hydrogen-bond donors (Lipinski definition) is 0. The first kappa shape index (κ1) is 71.0. The lowest BCUT2D eigenvalue weighted by Gasteiger charge is -2.13. The monoisotopic (exact) mass is 1580 g/mol. The minimum absolute atomic E-state index is 0.481. The van der Waals surface area contributed by atoms with E-state index in [4.69, 9.17) is 49.8 Å². The normalized spacial score (nSPS) is 11.7. The van der Waals surface area contributed by atoms with Crippen molar-refractivity contribution >= 4 is 87.2 Å². The first-order valence-electron chi connectivity index (χ1n) is 41.4. The summed E-state index contributed by atoms with van der Waals surface area (Å²) in [5.41, 5.74) is 24.5. The molecule has 14 heteroatoms. The molecule has 0 saturated carbocycles. The zero-order valence-corrected chi connectivity index (χ0v) is 66.5. The van der Waals surface area contributed by atoms with Crippen molar-refractivity contribution in [2.75, 3.05) is 0 Å². The fourth-order valence-corrected chi connectivity index (χ4v) is 17.8. The maximum Gasteiger partial charge on any atom is 0.238 e. The summed E-state index contributed by atoms with van der Waals surface area (Å²) in [6.45, 7) is 0. The second-order valence-corrected chi connectivity index (χ2v) is 31.1. The van der Waals surface area contributed by atoms with Crippen molar-refractivity contribution in [3.63, 3.8) is 0 Å². The number of rotatable bonds is 15. The summed E-state index contributed by atoms with van der Waals surface area (Å²) in [5.74, 6) is 4.31. The Morgan fingerprint density at radius 1 is 0.129 bits per heavy atom. The highest BCUT2D eigenvalue weighted by molar-refractivity contribution is 6.21. The molecule has 0 unspecified atom stereocenters. The van der Waals surface area contributed by atoms with E-state index in [-0.39, 0.29) is 0 Å². The van der Waals surface area contributed by atoms with Crippen LogP contribution in [0.5, 0.6) is 0 Å². The molecule has 0 radical (unpaired) electrons. The van der Waals surface area contributed by atoms with Crippen molar-refractivity contribution in [3.8, 4) is 148 Å². The third-order valence-electron chi connectivity index (χ3n) is 23.7. The van der Waals surface area contributed by atoms with Gasteiger partial charge in [0.1, 0.15) is 0 Å². The van der Waals surface area contributed by atoms with Gasteiger partial charge in [0.15, 0.2) is 34.9 Å². The third-order valence-corrected chi connectivity index (χ3v) is 23.7. The van der Waals surface area contributed by atoms with Gasteiger partial charge in [-0.15, -0.1) is 0 Å². The summed E-state index contributed by atoms with van der Waals surface area (Å²) in [7, 11) is 0. The smallest absolute Gasteiger partial charge is 0.238 e. The van der Waals surface area contributed by atoms with Gasteiger partial charge in [0.2, 0.25) is 11.9 Å². The zero-order valence-electron chi connectivity index (χ0n) is 66.5. The van der Waals surface area contributed by atoms with E-state index in [1.807, 2.05) is 97.1 Å². The summed E-state index contributed by atoms with van der Waals surface area (Å²) in [5, 5.41) is 9.05. The summed E-state index contributed by atoms with van der Waals surface area (Å²) in [4.78, 5) is 53.5. The van der Waals surface area contributed by atoms with E-state index in [1.54, 1.807) is 0 Å². The average molecular weight is 1590 g/mol. The first-order chi connectivity index (χ1) is 61.4. The second kappa shape index (κ2) is 29.5. The van der Waals surface area contributed by atoms with E-state index in [2.05, 4.69) is 334 Å². The molecule has 0 bridgehead atoms. The molecule has 0 atom stereocenters. The lowest BCUT2D eigenvalue weighted by molar-refractivity contribution is 0.953. The van der Waals surface area contributed by atoms with Gasteiger partial charge in [0.05, 0.1) is 66.9 Å². The van der Waals surface area contributed by atoms with Gasteiger partial charge in [-0.05, 0) is 102 Å². The van der Waals surface area contributed by atoms with Crippen molar-refractivity contribution in [2.24, 2.45) is 0 Å². The Kier molecular flexibility index (Phi) is 16.9. The molecule has 8 aromatic heterocycles. The molecular weight excluding hydrogens is 1520 g/mol. The second-order valence-electron chi connectivity index (χ2n) is 31.1. The maximum absolute atomic E-state index is 5.55. The van der Waals surface area contributed by atoms with Crippen LogP contribution in [0.2, 0.25) is 0 Å². The van der Waals surface area contributed by atoms with Crippen LogP contribution in [-0.4, -0.2) is 68.1 Å². The van der Waals surface area contributed by atoms with Crippen LogP contribution < -0.4 is 0 Å². The quantitative estimate of drug-likeness (QED) is 0.0971. The van der Waals surface area contributed by atoms with E-state index in [1.165, 1.54) is 16.2 Å². The molecule has 0 saturated heterocycles. The Morgan fingerprint density at radius 3 is 0.726 bits per heavy atom.